The van der Waals surface area contributed by atoms with Gasteiger partial charge in [-0.15, -0.1) is 0 Å². The summed E-state index contributed by atoms with van der Waals surface area (Å²) in [6.07, 6.45) is 2.00. The molecular weight excluding hydrogens is 354 g/mol. The second kappa shape index (κ2) is 6.01. The van der Waals surface area contributed by atoms with E-state index < -0.39 is 23.0 Å². The van der Waals surface area contributed by atoms with Crippen molar-refractivity contribution in [1.82, 2.24) is 9.78 Å². The predicted molar refractivity (Wildman–Crippen MR) is 75.0 cm³/mol. The van der Waals surface area contributed by atoms with Gasteiger partial charge in [-0.3, -0.25) is 9.48 Å². The monoisotopic (exact) mass is 362 g/mol. The van der Waals surface area contributed by atoms with Crippen molar-refractivity contribution in [2.45, 2.75) is 19.9 Å². The number of hydrogen-bond donors (Lipinski definition) is 0. The van der Waals surface area contributed by atoms with Crippen molar-refractivity contribution in [2.75, 3.05) is 0 Å². The number of nitrogens with zero attached hydrogens (tertiary/aromatic N) is 2. The lowest BCUT2D eigenvalue weighted by Gasteiger charge is -2.08. The predicted octanol–water partition coefficient (Wildman–Crippen LogP) is 4.22. The average Bonchev–Trinajstić information content (AvgIpc) is 2.69. The highest BCUT2D eigenvalue weighted by molar-refractivity contribution is 9.10. The molecule has 106 valence electrons. The molecular formula is C13H10BrClF2N2O. The lowest BCUT2D eigenvalue weighted by atomic mass is 10.1. The molecule has 2 aromatic rings. The van der Waals surface area contributed by atoms with Gasteiger partial charge in [0, 0.05) is 11.0 Å². The van der Waals surface area contributed by atoms with E-state index in [0.29, 0.717) is 13.0 Å². The second-order valence-corrected chi connectivity index (χ2v) is 5.46. The van der Waals surface area contributed by atoms with Crippen LogP contribution in [0.1, 0.15) is 29.4 Å². The minimum absolute atomic E-state index is 0.00589. The lowest BCUT2D eigenvalue weighted by molar-refractivity contribution is 0.102. The van der Waals surface area contributed by atoms with Crippen molar-refractivity contribution < 1.29 is 13.6 Å². The molecule has 20 heavy (non-hydrogen) atoms. The van der Waals surface area contributed by atoms with Crippen LogP contribution in [0.3, 0.4) is 0 Å². The average molecular weight is 364 g/mol. The topological polar surface area (TPSA) is 34.9 Å². The molecule has 0 aliphatic heterocycles. The van der Waals surface area contributed by atoms with Crippen LogP contribution < -0.4 is 0 Å². The van der Waals surface area contributed by atoms with Crippen LogP contribution in [-0.2, 0) is 6.54 Å². The zero-order valence-corrected chi connectivity index (χ0v) is 12.8. The summed E-state index contributed by atoms with van der Waals surface area (Å²) >= 11 is 8.87. The molecule has 3 nitrogen and oxygen atoms in total. The summed E-state index contributed by atoms with van der Waals surface area (Å²) < 4.78 is 29.3. The van der Waals surface area contributed by atoms with E-state index in [1.165, 1.54) is 10.9 Å². The molecule has 0 unspecified atom stereocenters. The fraction of sp³-hybridized carbons (Fsp3) is 0.231. The molecule has 1 heterocycles. The highest BCUT2D eigenvalue weighted by Crippen LogP contribution is 2.25. The van der Waals surface area contributed by atoms with Crippen molar-refractivity contribution in [3.63, 3.8) is 0 Å². The molecule has 0 saturated heterocycles. The normalized spacial score (nSPS) is 10.8. The Morgan fingerprint density at radius 2 is 2.00 bits per heavy atom. The molecule has 0 aliphatic carbocycles. The van der Waals surface area contributed by atoms with Gasteiger partial charge in [0.25, 0.3) is 0 Å². The first-order valence-electron chi connectivity index (χ1n) is 5.86. The summed E-state index contributed by atoms with van der Waals surface area (Å²) in [5.41, 5.74) is -0.637. The molecule has 0 spiro atoms. The molecule has 2 rings (SSSR count). The van der Waals surface area contributed by atoms with E-state index in [2.05, 4.69) is 21.0 Å². The summed E-state index contributed by atoms with van der Waals surface area (Å²) in [5.74, 6) is -2.70. The molecule has 1 aromatic heterocycles. The third-order valence-corrected chi connectivity index (χ3v) is 3.41. The molecule has 0 amide bonds. The number of aryl methyl sites for hydroxylation is 1. The minimum Gasteiger partial charge on any atom is -0.287 e. The third-order valence-electron chi connectivity index (χ3n) is 2.68. The maximum atomic E-state index is 13.8. The van der Waals surface area contributed by atoms with Crippen LogP contribution in [0, 0.1) is 11.6 Å². The lowest BCUT2D eigenvalue weighted by Crippen LogP contribution is -2.15. The van der Waals surface area contributed by atoms with Gasteiger partial charge in [0.05, 0.1) is 16.8 Å². The highest BCUT2D eigenvalue weighted by atomic mass is 79.9. The standard InChI is InChI=1S/C13H10BrClF2N2O/c1-2-3-19-12(8(15)6-18-19)13(20)11-9(16)4-7(14)5-10(11)17/h4-6H,2-3H2,1H3. The number of ketones is 1. The molecule has 0 fully saturated rings. The van der Waals surface area contributed by atoms with Crippen molar-refractivity contribution in [3.05, 3.63) is 50.7 Å². The van der Waals surface area contributed by atoms with Gasteiger partial charge in [-0.05, 0) is 18.6 Å². The molecule has 0 bridgehead atoms. The van der Waals surface area contributed by atoms with Crippen LogP contribution in [0.2, 0.25) is 5.02 Å². The van der Waals surface area contributed by atoms with E-state index >= 15 is 0 Å². The van der Waals surface area contributed by atoms with Crippen LogP contribution in [-0.4, -0.2) is 15.6 Å². The van der Waals surface area contributed by atoms with Gasteiger partial charge in [0.1, 0.15) is 17.3 Å². The molecule has 0 saturated carbocycles. The van der Waals surface area contributed by atoms with Crippen molar-refractivity contribution in [1.29, 1.82) is 0 Å². The third kappa shape index (κ3) is 2.76. The summed E-state index contributed by atoms with van der Waals surface area (Å²) in [6.45, 7) is 2.33. The number of hydrogen-bond acceptors (Lipinski definition) is 2. The Bertz CT molecular complexity index is 649. The largest absolute Gasteiger partial charge is 0.287 e. The fourth-order valence-electron chi connectivity index (χ4n) is 1.85. The Balaban J connectivity index is 2.55. The highest BCUT2D eigenvalue weighted by Gasteiger charge is 2.25. The molecule has 0 aliphatic rings. The van der Waals surface area contributed by atoms with E-state index in [1.54, 1.807) is 0 Å². The van der Waals surface area contributed by atoms with E-state index in [4.69, 9.17) is 11.6 Å². The second-order valence-electron chi connectivity index (χ2n) is 4.14. The van der Waals surface area contributed by atoms with E-state index in [1.807, 2.05) is 6.92 Å². The van der Waals surface area contributed by atoms with Gasteiger partial charge in [-0.2, -0.15) is 5.10 Å². The summed E-state index contributed by atoms with van der Waals surface area (Å²) in [4.78, 5) is 12.3. The van der Waals surface area contributed by atoms with Crippen LogP contribution in [0.4, 0.5) is 8.78 Å². The van der Waals surface area contributed by atoms with Crippen molar-refractivity contribution in [3.8, 4) is 0 Å². The van der Waals surface area contributed by atoms with Crippen LogP contribution in [0.5, 0.6) is 0 Å². The number of rotatable bonds is 4. The van der Waals surface area contributed by atoms with Gasteiger partial charge in [0.2, 0.25) is 5.78 Å². The summed E-state index contributed by atoms with van der Waals surface area (Å²) in [6, 6.07) is 2.06. The van der Waals surface area contributed by atoms with Crippen molar-refractivity contribution >= 4 is 33.3 Å². The van der Waals surface area contributed by atoms with Gasteiger partial charge >= 0.3 is 0 Å². The Kier molecular flexibility index (Phi) is 4.55. The number of carbonyl (C=O) groups excluding carboxylic acids is 1. The SMILES string of the molecule is CCCn1ncc(Cl)c1C(=O)c1c(F)cc(Br)cc1F. The molecule has 7 heteroatoms. The summed E-state index contributed by atoms with van der Waals surface area (Å²) in [5, 5.41) is 4.01. The van der Waals surface area contributed by atoms with E-state index in [0.717, 1.165) is 12.1 Å². The number of aromatic nitrogens is 2. The number of benzene rings is 1. The molecule has 0 atom stereocenters. The number of carbonyl (C=O) groups is 1. The zero-order chi connectivity index (χ0) is 14.9. The van der Waals surface area contributed by atoms with E-state index in [9.17, 15) is 13.6 Å². The Morgan fingerprint density at radius 3 is 2.55 bits per heavy atom. The maximum Gasteiger partial charge on any atom is 0.218 e. The zero-order valence-electron chi connectivity index (χ0n) is 10.5. The summed E-state index contributed by atoms with van der Waals surface area (Å²) in [7, 11) is 0. The van der Waals surface area contributed by atoms with Crippen molar-refractivity contribution in [2.24, 2.45) is 0 Å². The smallest absolute Gasteiger partial charge is 0.218 e. The van der Waals surface area contributed by atoms with E-state index in [-0.39, 0.29) is 15.2 Å². The quantitative estimate of drug-likeness (QED) is 0.762. The van der Waals surface area contributed by atoms with Gasteiger partial charge in [-0.25, -0.2) is 8.78 Å². The van der Waals surface area contributed by atoms with Gasteiger partial charge in [-0.1, -0.05) is 34.5 Å². The maximum absolute atomic E-state index is 13.8. The minimum atomic E-state index is -0.942. The van der Waals surface area contributed by atoms with Gasteiger partial charge in [0.15, 0.2) is 0 Å². The fourth-order valence-corrected chi connectivity index (χ4v) is 2.48. The first kappa shape index (κ1) is 15.1. The first-order chi connectivity index (χ1) is 9.45. The van der Waals surface area contributed by atoms with Crippen LogP contribution in [0.25, 0.3) is 0 Å². The van der Waals surface area contributed by atoms with Crippen LogP contribution >= 0.6 is 27.5 Å². The molecule has 1 aromatic carbocycles. The number of halogens is 4. The first-order valence-corrected chi connectivity index (χ1v) is 7.03. The Morgan fingerprint density at radius 1 is 1.40 bits per heavy atom. The Labute approximate surface area is 127 Å². The Hall–Kier alpha value is -1.27. The van der Waals surface area contributed by atoms with Gasteiger partial charge < -0.3 is 0 Å². The van der Waals surface area contributed by atoms with Crippen LogP contribution in [0.15, 0.2) is 22.8 Å². The molecule has 0 N–H and O–H groups in total. The molecule has 0 radical (unpaired) electrons.